The Morgan fingerprint density at radius 3 is 2.67 bits per heavy atom. The van der Waals surface area contributed by atoms with Crippen molar-refractivity contribution in [1.29, 1.82) is 5.26 Å². The fourth-order valence-electron chi connectivity index (χ4n) is 0.515. The van der Waals surface area contributed by atoms with Gasteiger partial charge in [-0.2, -0.15) is 5.26 Å². The van der Waals surface area contributed by atoms with Gasteiger partial charge in [-0.1, -0.05) is 11.6 Å². The van der Waals surface area contributed by atoms with E-state index in [-0.39, 0.29) is 0 Å². The van der Waals surface area contributed by atoms with Crippen LogP contribution < -0.4 is 0 Å². The molecule has 1 aromatic heterocycles. The van der Waals surface area contributed by atoms with Crippen LogP contribution in [0.2, 0.25) is 4.34 Å². The van der Waals surface area contributed by atoms with E-state index in [0.717, 1.165) is 5.56 Å². The second kappa shape index (κ2) is 2.38. The summed E-state index contributed by atoms with van der Waals surface area (Å²) in [7, 11) is 0. The zero-order valence-electron chi connectivity index (χ0n) is 4.81. The molecule has 0 spiro atoms. The molecule has 0 saturated carbocycles. The second-order valence-corrected chi connectivity index (χ2v) is 3.33. The number of thiophene rings is 1. The maximum absolute atomic E-state index is 8.38. The van der Waals surface area contributed by atoms with E-state index in [1.807, 2.05) is 13.0 Å². The Morgan fingerprint density at radius 1 is 1.78 bits per heavy atom. The lowest BCUT2D eigenvalue weighted by atomic mass is 10.3. The van der Waals surface area contributed by atoms with Crippen molar-refractivity contribution >= 4 is 22.9 Å². The number of aryl methyl sites for hydroxylation is 1. The second-order valence-electron chi connectivity index (χ2n) is 1.68. The summed E-state index contributed by atoms with van der Waals surface area (Å²) >= 11 is 6.99. The fourth-order valence-corrected chi connectivity index (χ4v) is 1.51. The monoisotopic (exact) mass is 157 g/mol. The first-order valence-electron chi connectivity index (χ1n) is 2.40. The molecule has 3 heteroatoms. The molecule has 9 heavy (non-hydrogen) atoms. The molecule has 0 aliphatic rings. The van der Waals surface area contributed by atoms with Gasteiger partial charge >= 0.3 is 0 Å². The van der Waals surface area contributed by atoms with Crippen LogP contribution in [0.25, 0.3) is 0 Å². The molecule has 0 aliphatic heterocycles. The molecule has 1 aromatic rings. The summed E-state index contributed by atoms with van der Waals surface area (Å²) < 4.78 is 0.714. The highest BCUT2D eigenvalue weighted by atomic mass is 35.5. The van der Waals surface area contributed by atoms with Crippen LogP contribution in [0.4, 0.5) is 0 Å². The molecule has 1 rings (SSSR count). The number of halogens is 1. The number of hydrogen-bond acceptors (Lipinski definition) is 2. The molecule has 0 unspecified atom stereocenters. The molecule has 0 radical (unpaired) electrons. The summed E-state index contributed by atoms with van der Waals surface area (Å²) in [5, 5.41) is 8.38. The first-order chi connectivity index (χ1) is 4.24. The quantitative estimate of drug-likeness (QED) is 0.568. The zero-order valence-corrected chi connectivity index (χ0v) is 6.38. The Balaban J connectivity index is 3.16. The Bertz CT molecular complexity index is 239. The fraction of sp³-hybridized carbons (Fsp3) is 0.167. The third kappa shape index (κ3) is 1.24. The van der Waals surface area contributed by atoms with Crippen LogP contribution in [0.5, 0.6) is 0 Å². The van der Waals surface area contributed by atoms with Crippen molar-refractivity contribution in [3.63, 3.8) is 0 Å². The van der Waals surface area contributed by atoms with Gasteiger partial charge in [0.1, 0.15) is 10.9 Å². The van der Waals surface area contributed by atoms with E-state index in [0.29, 0.717) is 9.21 Å². The van der Waals surface area contributed by atoms with Crippen molar-refractivity contribution in [2.75, 3.05) is 0 Å². The largest absolute Gasteiger partial charge is 0.192 e. The van der Waals surface area contributed by atoms with Crippen LogP contribution in [-0.2, 0) is 0 Å². The zero-order chi connectivity index (χ0) is 6.85. The van der Waals surface area contributed by atoms with Crippen molar-refractivity contribution in [3.05, 3.63) is 20.8 Å². The highest BCUT2D eigenvalue weighted by Crippen LogP contribution is 2.25. The Kier molecular flexibility index (Phi) is 1.75. The van der Waals surface area contributed by atoms with Gasteiger partial charge < -0.3 is 0 Å². The van der Waals surface area contributed by atoms with Gasteiger partial charge in [0.15, 0.2) is 0 Å². The van der Waals surface area contributed by atoms with Gasteiger partial charge in [-0.15, -0.1) is 11.3 Å². The number of nitriles is 1. The summed E-state index contributed by atoms with van der Waals surface area (Å²) in [5.41, 5.74) is 0.984. The summed E-state index contributed by atoms with van der Waals surface area (Å²) in [5.74, 6) is 0. The molecule has 0 fully saturated rings. The standard InChI is InChI=1S/C6H4ClNS/c1-4-2-5(3-8)9-6(4)7/h2H,1H3. The highest BCUT2D eigenvalue weighted by Gasteiger charge is 1.99. The Hall–Kier alpha value is -0.520. The van der Waals surface area contributed by atoms with Crippen molar-refractivity contribution in [1.82, 2.24) is 0 Å². The van der Waals surface area contributed by atoms with Crippen LogP contribution >= 0.6 is 22.9 Å². The van der Waals surface area contributed by atoms with E-state index in [1.165, 1.54) is 11.3 Å². The van der Waals surface area contributed by atoms with Crippen molar-refractivity contribution in [2.45, 2.75) is 6.92 Å². The number of rotatable bonds is 0. The minimum absolute atomic E-state index is 0.678. The average Bonchev–Trinajstić information content (AvgIpc) is 2.13. The van der Waals surface area contributed by atoms with Crippen LogP contribution in [0.3, 0.4) is 0 Å². The molecular formula is C6H4ClNS. The third-order valence-electron chi connectivity index (χ3n) is 0.967. The SMILES string of the molecule is Cc1cc(C#N)sc1Cl. The van der Waals surface area contributed by atoms with Crippen molar-refractivity contribution in [2.24, 2.45) is 0 Å². The molecule has 0 aromatic carbocycles. The van der Waals surface area contributed by atoms with Gasteiger partial charge in [0.25, 0.3) is 0 Å². The van der Waals surface area contributed by atoms with Crippen molar-refractivity contribution < 1.29 is 0 Å². The summed E-state index contributed by atoms with van der Waals surface area (Å²) in [6.07, 6.45) is 0. The highest BCUT2D eigenvalue weighted by molar-refractivity contribution is 7.16. The predicted octanol–water partition coefficient (Wildman–Crippen LogP) is 2.58. The van der Waals surface area contributed by atoms with Crippen LogP contribution in [-0.4, -0.2) is 0 Å². The normalized spacial score (nSPS) is 9.00. The van der Waals surface area contributed by atoms with Gasteiger partial charge in [0.05, 0.1) is 4.34 Å². The van der Waals surface area contributed by atoms with Crippen molar-refractivity contribution in [3.8, 4) is 6.07 Å². The first kappa shape index (κ1) is 6.60. The number of nitrogens with zero attached hydrogens (tertiary/aromatic N) is 1. The van der Waals surface area contributed by atoms with E-state index < -0.39 is 0 Å². The lowest BCUT2D eigenvalue weighted by Gasteiger charge is -1.76. The molecule has 0 bridgehead atoms. The maximum atomic E-state index is 8.38. The van der Waals surface area contributed by atoms with E-state index >= 15 is 0 Å². The Morgan fingerprint density at radius 2 is 2.44 bits per heavy atom. The molecule has 46 valence electrons. The molecule has 0 amide bonds. The minimum atomic E-state index is 0.678. The molecular weight excluding hydrogens is 154 g/mol. The lowest BCUT2D eigenvalue weighted by molar-refractivity contribution is 1.50. The van der Waals surface area contributed by atoms with E-state index in [9.17, 15) is 0 Å². The van der Waals surface area contributed by atoms with Gasteiger partial charge in [-0.3, -0.25) is 0 Å². The molecule has 0 N–H and O–H groups in total. The molecule has 1 heterocycles. The average molecular weight is 158 g/mol. The molecule has 0 saturated heterocycles. The first-order valence-corrected chi connectivity index (χ1v) is 3.59. The number of hydrogen-bond donors (Lipinski definition) is 0. The predicted molar refractivity (Wildman–Crippen MR) is 38.8 cm³/mol. The van der Waals surface area contributed by atoms with Gasteiger partial charge in [0, 0.05) is 0 Å². The third-order valence-corrected chi connectivity index (χ3v) is 2.43. The van der Waals surface area contributed by atoms with Crippen LogP contribution in [0, 0.1) is 18.3 Å². The summed E-state index contributed by atoms with van der Waals surface area (Å²) in [6, 6.07) is 3.81. The minimum Gasteiger partial charge on any atom is -0.192 e. The smallest absolute Gasteiger partial charge is 0.110 e. The van der Waals surface area contributed by atoms with E-state index in [1.54, 1.807) is 6.07 Å². The van der Waals surface area contributed by atoms with Crippen LogP contribution in [0.15, 0.2) is 6.07 Å². The molecule has 1 nitrogen and oxygen atoms in total. The van der Waals surface area contributed by atoms with Gasteiger partial charge in [-0.25, -0.2) is 0 Å². The van der Waals surface area contributed by atoms with Crippen LogP contribution in [0.1, 0.15) is 10.4 Å². The maximum Gasteiger partial charge on any atom is 0.110 e. The van der Waals surface area contributed by atoms with Gasteiger partial charge in [0.2, 0.25) is 0 Å². The van der Waals surface area contributed by atoms with Gasteiger partial charge in [-0.05, 0) is 18.6 Å². The Labute approximate surface area is 62.5 Å². The molecule has 0 aliphatic carbocycles. The lowest BCUT2D eigenvalue weighted by Crippen LogP contribution is -1.58. The topological polar surface area (TPSA) is 23.8 Å². The van der Waals surface area contributed by atoms with E-state index in [2.05, 4.69) is 0 Å². The molecule has 0 atom stereocenters. The summed E-state index contributed by atoms with van der Waals surface area (Å²) in [4.78, 5) is 0.678. The van der Waals surface area contributed by atoms with E-state index in [4.69, 9.17) is 16.9 Å². The summed E-state index contributed by atoms with van der Waals surface area (Å²) in [6.45, 7) is 1.89.